The van der Waals surface area contributed by atoms with Gasteiger partial charge in [0.1, 0.15) is 11.5 Å². The van der Waals surface area contributed by atoms with Gasteiger partial charge in [0.05, 0.1) is 6.54 Å². The van der Waals surface area contributed by atoms with Crippen molar-refractivity contribution >= 4 is 5.91 Å². The average molecular weight is 361 g/mol. The topological polar surface area (TPSA) is 49.6 Å². The highest BCUT2D eigenvalue weighted by Gasteiger charge is 2.28. The maximum Gasteiger partial charge on any atom is 0.254 e. The van der Waals surface area contributed by atoms with Crippen LogP contribution in [0.5, 0.6) is 0 Å². The van der Waals surface area contributed by atoms with E-state index in [2.05, 4.69) is 10.1 Å². The summed E-state index contributed by atoms with van der Waals surface area (Å²) < 4.78 is 5.56. The lowest BCUT2D eigenvalue weighted by Crippen LogP contribution is -2.36. The first kappa shape index (κ1) is 17.5. The van der Waals surface area contributed by atoms with Gasteiger partial charge in [0.2, 0.25) is 0 Å². The summed E-state index contributed by atoms with van der Waals surface area (Å²) in [6.07, 6.45) is 0.691. The number of hydrogen-bond donors (Lipinski definition) is 0. The van der Waals surface area contributed by atoms with Gasteiger partial charge in [-0.25, -0.2) is 0 Å². The normalized spacial score (nSPS) is 13.7. The lowest BCUT2D eigenvalue weighted by atomic mass is 9.99. The second kappa shape index (κ2) is 7.37. The van der Waals surface area contributed by atoms with Gasteiger partial charge in [-0.2, -0.15) is 0 Å². The number of hydrogen-bond acceptors (Lipinski definition) is 4. The lowest BCUT2D eigenvalue weighted by molar-refractivity contribution is 0.0727. The summed E-state index contributed by atoms with van der Waals surface area (Å²) in [7, 11) is 4.02. The Kier molecular flexibility index (Phi) is 4.77. The number of carbonyl (C=O) groups is 1. The van der Waals surface area contributed by atoms with Gasteiger partial charge in [-0.15, -0.1) is 0 Å². The Labute approximate surface area is 159 Å². The van der Waals surface area contributed by atoms with Crippen LogP contribution in [0.4, 0.5) is 0 Å². The summed E-state index contributed by atoms with van der Waals surface area (Å²) in [6.45, 7) is 1.91. The van der Waals surface area contributed by atoms with Crippen molar-refractivity contribution in [2.75, 3.05) is 20.6 Å². The van der Waals surface area contributed by atoms with Crippen molar-refractivity contribution in [3.63, 3.8) is 0 Å². The fraction of sp³-hybridized carbons (Fsp3) is 0.273. The quantitative estimate of drug-likeness (QED) is 0.712. The van der Waals surface area contributed by atoms with E-state index in [1.54, 1.807) is 0 Å². The molecule has 27 heavy (non-hydrogen) atoms. The molecule has 1 aliphatic rings. The highest BCUT2D eigenvalue weighted by molar-refractivity contribution is 5.96. The van der Waals surface area contributed by atoms with E-state index in [-0.39, 0.29) is 5.91 Å². The predicted octanol–water partition coefficient (Wildman–Crippen LogP) is 3.60. The zero-order valence-corrected chi connectivity index (χ0v) is 15.7. The first-order chi connectivity index (χ1) is 13.1. The van der Waals surface area contributed by atoms with E-state index in [9.17, 15) is 4.79 Å². The van der Waals surface area contributed by atoms with Gasteiger partial charge in [0.15, 0.2) is 0 Å². The van der Waals surface area contributed by atoms with Crippen LogP contribution in [0, 0.1) is 0 Å². The molecular weight excluding hydrogens is 338 g/mol. The summed E-state index contributed by atoms with van der Waals surface area (Å²) in [5.41, 5.74) is 4.69. The number of rotatable bonds is 4. The van der Waals surface area contributed by atoms with Crippen LogP contribution in [0.2, 0.25) is 0 Å². The molecule has 1 amide bonds. The Morgan fingerprint density at radius 3 is 2.63 bits per heavy atom. The highest BCUT2D eigenvalue weighted by atomic mass is 16.5. The van der Waals surface area contributed by atoms with E-state index in [0.29, 0.717) is 19.5 Å². The molecule has 0 spiro atoms. The van der Waals surface area contributed by atoms with E-state index in [4.69, 9.17) is 4.52 Å². The van der Waals surface area contributed by atoms with Crippen molar-refractivity contribution in [2.24, 2.45) is 0 Å². The molecule has 0 atom stereocenters. The molecule has 5 nitrogen and oxygen atoms in total. The smallest absolute Gasteiger partial charge is 0.254 e. The number of carbonyl (C=O) groups excluding carboxylic acids is 1. The van der Waals surface area contributed by atoms with Crippen molar-refractivity contribution in [1.29, 1.82) is 0 Å². The SMILES string of the molecule is CN(C)Cc1ccccc1C(=O)N1CCc2onc(-c3ccccc3)c2C1. The van der Waals surface area contributed by atoms with Crippen LogP contribution in [0.25, 0.3) is 11.3 Å². The number of fused-ring (bicyclic) bond motifs is 1. The van der Waals surface area contributed by atoms with Crippen LogP contribution in [0.3, 0.4) is 0 Å². The van der Waals surface area contributed by atoms with Crippen LogP contribution in [-0.4, -0.2) is 41.5 Å². The van der Waals surface area contributed by atoms with E-state index in [0.717, 1.165) is 40.3 Å². The number of aromatic nitrogens is 1. The molecule has 0 bridgehead atoms. The van der Waals surface area contributed by atoms with E-state index >= 15 is 0 Å². The fourth-order valence-electron chi connectivity index (χ4n) is 3.58. The molecule has 0 saturated carbocycles. The molecular formula is C22H23N3O2. The monoisotopic (exact) mass is 361 g/mol. The Morgan fingerprint density at radius 1 is 1.11 bits per heavy atom. The maximum atomic E-state index is 13.2. The largest absolute Gasteiger partial charge is 0.360 e. The van der Waals surface area contributed by atoms with Crippen LogP contribution in [0.1, 0.15) is 27.2 Å². The van der Waals surface area contributed by atoms with Gasteiger partial charge >= 0.3 is 0 Å². The Hall–Kier alpha value is -2.92. The first-order valence-electron chi connectivity index (χ1n) is 9.18. The molecule has 1 aromatic heterocycles. The number of amides is 1. The Morgan fingerprint density at radius 2 is 1.85 bits per heavy atom. The van der Waals surface area contributed by atoms with E-state index < -0.39 is 0 Å². The minimum Gasteiger partial charge on any atom is -0.360 e. The summed E-state index contributed by atoms with van der Waals surface area (Å²) >= 11 is 0. The standard InChI is InChI=1S/C22H23N3O2/c1-24(2)14-17-10-6-7-11-18(17)22(26)25-13-12-20-19(15-25)21(23-27-20)16-8-4-3-5-9-16/h3-11H,12-15H2,1-2H3. The van der Waals surface area contributed by atoms with E-state index in [1.165, 1.54) is 0 Å². The summed E-state index contributed by atoms with van der Waals surface area (Å²) in [6, 6.07) is 17.8. The van der Waals surface area contributed by atoms with Gasteiger partial charge in [-0.3, -0.25) is 4.79 Å². The maximum absolute atomic E-state index is 13.2. The van der Waals surface area contributed by atoms with Crippen LogP contribution in [-0.2, 0) is 19.5 Å². The molecule has 5 heteroatoms. The third-order valence-corrected chi connectivity index (χ3v) is 4.90. The second-order valence-electron chi connectivity index (χ2n) is 7.17. The molecule has 3 aromatic rings. The predicted molar refractivity (Wildman–Crippen MR) is 104 cm³/mol. The molecule has 0 aliphatic carbocycles. The summed E-state index contributed by atoms with van der Waals surface area (Å²) in [5.74, 6) is 0.956. The first-order valence-corrected chi connectivity index (χ1v) is 9.18. The average Bonchev–Trinajstić information content (AvgIpc) is 3.11. The molecule has 4 rings (SSSR count). The van der Waals surface area contributed by atoms with Gasteiger partial charge in [-0.05, 0) is 25.7 Å². The zero-order valence-electron chi connectivity index (χ0n) is 15.7. The third kappa shape index (κ3) is 3.51. The van der Waals surface area contributed by atoms with E-state index in [1.807, 2.05) is 73.6 Å². The van der Waals surface area contributed by atoms with Crippen molar-refractivity contribution in [3.05, 3.63) is 77.0 Å². The van der Waals surface area contributed by atoms with Crippen molar-refractivity contribution in [2.45, 2.75) is 19.5 Å². The minimum absolute atomic E-state index is 0.0679. The van der Waals surface area contributed by atoms with Gasteiger partial charge in [-0.1, -0.05) is 53.7 Å². The molecule has 0 fully saturated rings. The second-order valence-corrected chi connectivity index (χ2v) is 7.17. The molecule has 2 aromatic carbocycles. The molecule has 1 aliphatic heterocycles. The van der Waals surface area contributed by atoms with Crippen LogP contribution < -0.4 is 0 Å². The number of nitrogens with zero attached hydrogens (tertiary/aromatic N) is 3. The molecule has 0 unspecified atom stereocenters. The van der Waals surface area contributed by atoms with Gasteiger partial charge < -0.3 is 14.3 Å². The third-order valence-electron chi connectivity index (χ3n) is 4.90. The van der Waals surface area contributed by atoms with Crippen LogP contribution in [0.15, 0.2) is 59.1 Å². The molecule has 138 valence electrons. The molecule has 2 heterocycles. The number of benzene rings is 2. The van der Waals surface area contributed by atoms with Crippen molar-refractivity contribution in [3.8, 4) is 11.3 Å². The molecule has 0 N–H and O–H groups in total. The Balaban J connectivity index is 1.62. The molecule has 0 radical (unpaired) electrons. The Bertz CT molecular complexity index is 947. The zero-order chi connectivity index (χ0) is 18.8. The highest BCUT2D eigenvalue weighted by Crippen LogP contribution is 2.30. The van der Waals surface area contributed by atoms with Gasteiger partial charge in [0.25, 0.3) is 5.91 Å². The molecule has 0 saturated heterocycles. The van der Waals surface area contributed by atoms with Crippen molar-refractivity contribution in [1.82, 2.24) is 15.0 Å². The van der Waals surface area contributed by atoms with Crippen molar-refractivity contribution < 1.29 is 9.32 Å². The minimum atomic E-state index is 0.0679. The van der Waals surface area contributed by atoms with Crippen LogP contribution >= 0.6 is 0 Å². The fourth-order valence-corrected chi connectivity index (χ4v) is 3.58. The lowest BCUT2D eigenvalue weighted by Gasteiger charge is -2.27. The van der Waals surface area contributed by atoms with Gasteiger partial charge in [0, 0.05) is 36.2 Å². The summed E-state index contributed by atoms with van der Waals surface area (Å²) in [4.78, 5) is 17.2. The summed E-state index contributed by atoms with van der Waals surface area (Å²) in [5, 5.41) is 4.27.